The molecule has 0 aliphatic carbocycles. The number of aromatic amines is 1. The van der Waals surface area contributed by atoms with Gasteiger partial charge in [0.05, 0.1) is 11.7 Å². The summed E-state index contributed by atoms with van der Waals surface area (Å²) in [6.45, 7) is 3.66. The van der Waals surface area contributed by atoms with E-state index in [1.807, 2.05) is 68.4 Å². The molecule has 3 aromatic rings. The van der Waals surface area contributed by atoms with E-state index in [1.54, 1.807) is 6.07 Å². The summed E-state index contributed by atoms with van der Waals surface area (Å²) in [7, 11) is 0. The van der Waals surface area contributed by atoms with Crippen molar-refractivity contribution in [3.8, 4) is 11.3 Å². The van der Waals surface area contributed by atoms with E-state index < -0.39 is 5.97 Å². The Morgan fingerprint density at radius 1 is 1.11 bits per heavy atom. The molecular weight excluding hydrogens is 354 g/mol. The number of carbonyl (C=O) groups excluding carboxylic acids is 2. The number of rotatable bonds is 7. The lowest BCUT2D eigenvalue weighted by Gasteiger charge is -2.17. The Morgan fingerprint density at radius 3 is 2.50 bits per heavy atom. The van der Waals surface area contributed by atoms with E-state index in [4.69, 9.17) is 4.74 Å². The molecule has 0 spiro atoms. The summed E-state index contributed by atoms with van der Waals surface area (Å²) in [6, 6.07) is 19.0. The highest BCUT2D eigenvalue weighted by Crippen LogP contribution is 2.18. The van der Waals surface area contributed by atoms with Crippen LogP contribution in [-0.4, -0.2) is 28.7 Å². The van der Waals surface area contributed by atoms with Crippen LogP contribution in [0.3, 0.4) is 0 Å². The standard InChI is InChI=1S/C22H23N3O3/c1-3-18(17-11-9-15(2)10-12-17)23-21(26)14-28-22(27)20-13-19(24-25-20)16-7-5-4-6-8-16/h4-13,18H,3,14H2,1-2H3,(H,23,26)(H,24,25)/t18-/m0/s1. The summed E-state index contributed by atoms with van der Waals surface area (Å²) in [5, 5.41) is 9.67. The fraction of sp³-hybridized carbons (Fsp3) is 0.227. The monoisotopic (exact) mass is 377 g/mol. The lowest BCUT2D eigenvalue weighted by Crippen LogP contribution is -2.32. The molecule has 1 amide bonds. The number of hydrogen-bond donors (Lipinski definition) is 2. The van der Waals surface area contributed by atoms with Gasteiger partial charge >= 0.3 is 5.97 Å². The highest BCUT2D eigenvalue weighted by atomic mass is 16.5. The van der Waals surface area contributed by atoms with Crippen LogP contribution in [0.5, 0.6) is 0 Å². The lowest BCUT2D eigenvalue weighted by atomic mass is 10.0. The Hall–Kier alpha value is -3.41. The highest BCUT2D eigenvalue weighted by molar-refractivity contribution is 5.90. The molecule has 2 N–H and O–H groups in total. The number of amides is 1. The summed E-state index contributed by atoms with van der Waals surface area (Å²) in [6.07, 6.45) is 0.740. The van der Waals surface area contributed by atoms with Crippen LogP contribution in [0.25, 0.3) is 11.3 Å². The van der Waals surface area contributed by atoms with Crippen LogP contribution in [-0.2, 0) is 9.53 Å². The van der Waals surface area contributed by atoms with Crippen molar-refractivity contribution >= 4 is 11.9 Å². The molecule has 28 heavy (non-hydrogen) atoms. The fourth-order valence-electron chi connectivity index (χ4n) is 2.85. The van der Waals surface area contributed by atoms with Crippen molar-refractivity contribution in [1.82, 2.24) is 15.5 Å². The van der Waals surface area contributed by atoms with Gasteiger partial charge in [-0.05, 0) is 25.0 Å². The molecule has 0 saturated heterocycles. The number of esters is 1. The molecule has 1 aromatic heterocycles. The van der Waals surface area contributed by atoms with Gasteiger partial charge in [-0.2, -0.15) is 5.10 Å². The first kappa shape index (κ1) is 19.4. The van der Waals surface area contributed by atoms with Gasteiger partial charge in [0.2, 0.25) is 0 Å². The summed E-state index contributed by atoms with van der Waals surface area (Å²) >= 11 is 0. The maximum Gasteiger partial charge on any atom is 0.356 e. The Bertz CT molecular complexity index is 933. The van der Waals surface area contributed by atoms with E-state index in [0.29, 0.717) is 5.69 Å². The van der Waals surface area contributed by atoms with Crippen LogP contribution < -0.4 is 5.32 Å². The van der Waals surface area contributed by atoms with E-state index in [-0.39, 0.29) is 24.2 Å². The van der Waals surface area contributed by atoms with E-state index >= 15 is 0 Å². The Kier molecular flexibility index (Phi) is 6.22. The third-order valence-corrected chi connectivity index (χ3v) is 4.42. The molecule has 0 saturated carbocycles. The van der Waals surface area contributed by atoms with Crippen LogP contribution in [0.1, 0.15) is 41.0 Å². The van der Waals surface area contributed by atoms with Crippen molar-refractivity contribution < 1.29 is 14.3 Å². The van der Waals surface area contributed by atoms with Crippen LogP contribution >= 0.6 is 0 Å². The third kappa shape index (κ3) is 4.85. The largest absolute Gasteiger partial charge is 0.451 e. The topological polar surface area (TPSA) is 84.1 Å². The summed E-state index contributed by atoms with van der Waals surface area (Å²) in [4.78, 5) is 24.4. The predicted octanol–water partition coefficient (Wildman–Crippen LogP) is 3.81. The number of aromatic nitrogens is 2. The van der Waals surface area contributed by atoms with Gasteiger partial charge in [-0.25, -0.2) is 4.79 Å². The predicted molar refractivity (Wildman–Crippen MR) is 107 cm³/mol. The van der Waals surface area contributed by atoms with Gasteiger partial charge in [-0.15, -0.1) is 0 Å². The van der Waals surface area contributed by atoms with Gasteiger partial charge in [0.25, 0.3) is 5.91 Å². The number of aryl methyl sites for hydroxylation is 1. The minimum absolute atomic E-state index is 0.122. The summed E-state index contributed by atoms with van der Waals surface area (Å²) < 4.78 is 5.12. The van der Waals surface area contributed by atoms with Gasteiger partial charge in [0.1, 0.15) is 5.69 Å². The molecule has 0 bridgehead atoms. The molecule has 6 nitrogen and oxygen atoms in total. The zero-order chi connectivity index (χ0) is 19.9. The number of ether oxygens (including phenoxy) is 1. The van der Waals surface area contributed by atoms with Gasteiger partial charge in [-0.3, -0.25) is 9.89 Å². The molecule has 1 atom stereocenters. The van der Waals surface area contributed by atoms with E-state index in [9.17, 15) is 9.59 Å². The normalized spacial score (nSPS) is 11.6. The van der Waals surface area contributed by atoms with Crippen molar-refractivity contribution in [3.63, 3.8) is 0 Å². The minimum atomic E-state index is -0.617. The number of benzene rings is 2. The van der Waals surface area contributed by atoms with E-state index in [1.165, 1.54) is 0 Å². The molecule has 0 aliphatic heterocycles. The molecule has 1 heterocycles. The number of nitrogens with one attached hydrogen (secondary N) is 2. The first-order valence-corrected chi connectivity index (χ1v) is 9.20. The van der Waals surface area contributed by atoms with Crippen LogP contribution in [0.2, 0.25) is 0 Å². The van der Waals surface area contributed by atoms with Crippen LogP contribution in [0.15, 0.2) is 60.7 Å². The highest BCUT2D eigenvalue weighted by Gasteiger charge is 2.16. The fourth-order valence-corrected chi connectivity index (χ4v) is 2.85. The van der Waals surface area contributed by atoms with E-state index in [2.05, 4.69) is 15.5 Å². The van der Waals surface area contributed by atoms with Crippen LogP contribution in [0.4, 0.5) is 0 Å². The minimum Gasteiger partial charge on any atom is -0.451 e. The molecular formula is C22H23N3O3. The maximum atomic E-state index is 12.2. The van der Waals surface area contributed by atoms with Crippen molar-refractivity contribution in [3.05, 3.63) is 77.5 Å². The van der Waals surface area contributed by atoms with Crippen molar-refractivity contribution in [1.29, 1.82) is 0 Å². The van der Waals surface area contributed by atoms with Crippen molar-refractivity contribution in [2.75, 3.05) is 6.61 Å². The quantitative estimate of drug-likeness (QED) is 0.613. The van der Waals surface area contributed by atoms with Crippen molar-refractivity contribution in [2.24, 2.45) is 0 Å². The maximum absolute atomic E-state index is 12.2. The first-order chi connectivity index (χ1) is 13.6. The first-order valence-electron chi connectivity index (χ1n) is 9.20. The van der Waals surface area contributed by atoms with Gasteiger partial charge in [0, 0.05) is 5.56 Å². The zero-order valence-electron chi connectivity index (χ0n) is 15.9. The molecule has 3 rings (SSSR count). The molecule has 0 unspecified atom stereocenters. The van der Waals surface area contributed by atoms with Gasteiger partial charge < -0.3 is 10.1 Å². The second-order valence-electron chi connectivity index (χ2n) is 6.55. The molecule has 0 radical (unpaired) electrons. The number of carbonyl (C=O) groups is 2. The Balaban J connectivity index is 1.54. The van der Waals surface area contributed by atoms with Gasteiger partial charge in [-0.1, -0.05) is 67.1 Å². The average Bonchev–Trinajstić information content (AvgIpc) is 3.22. The van der Waals surface area contributed by atoms with Crippen LogP contribution in [0, 0.1) is 6.92 Å². The molecule has 144 valence electrons. The molecule has 0 aliphatic rings. The van der Waals surface area contributed by atoms with Crippen molar-refractivity contribution in [2.45, 2.75) is 26.3 Å². The summed E-state index contributed by atoms with van der Waals surface area (Å²) in [5.41, 5.74) is 3.92. The number of H-pyrrole nitrogens is 1. The second kappa shape index (κ2) is 8.99. The molecule has 6 heteroatoms. The van der Waals surface area contributed by atoms with Gasteiger partial charge in [0.15, 0.2) is 6.61 Å². The number of hydrogen-bond acceptors (Lipinski definition) is 4. The Labute approximate surface area is 163 Å². The average molecular weight is 377 g/mol. The third-order valence-electron chi connectivity index (χ3n) is 4.42. The zero-order valence-corrected chi connectivity index (χ0v) is 15.9. The molecule has 0 fully saturated rings. The molecule has 2 aromatic carbocycles. The second-order valence-corrected chi connectivity index (χ2v) is 6.55. The number of nitrogens with zero attached hydrogens (tertiary/aromatic N) is 1. The smallest absolute Gasteiger partial charge is 0.356 e. The van der Waals surface area contributed by atoms with E-state index in [0.717, 1.165) is 23.1 Å². The Morgan fingerprint density at radius 2 is 1.82 bits per heavy atom. The summed E-state index contributed by atoms with van der Waals surface area (Å²) in [5.74, 6) is -0.961. The SMILES string of the molecule is CC[C@H](NC(=O)COC(=O)c1cc(-c2ccccc2)n[nH]1)c1ccc(C)cc1. The lowest BCUT2D eigenvalue weighted by molar-refractivity contribution is -0.125.